The zero-order valence-corrected chi connectivity index (χ0v) is 23.9. The first-order valence-electron chi connectivity index (χ1n) is 12.5. The van der Waals surface area contributed by atoms with Crippen LogP contribution < -0.4 is 14.4 Å². The molecule has 0 radical (unpaired) electrons. The predicted molar refractivity (Wildman–Crippen MR) is 154 cm³/mol. The Morgan fingerprint density at radius 2 is 1.64 bits per heavy atom. The number of nitrogens with one attached hydrogen (secondary N) is 1. The maximum atomic E-state index is 13.7. The first-order chi connectivity index (χ1) is 18.6. The summed E-state index contributed by atoms with van der Waals surface area (Å²) >= 11 is 6.19. The molecule has 208 valence electrons. The fourth-order valence-corrected chi connectivity index (χ4v) is 5.48. The molecule has 3 aromatic carbocycles. The highest BCUT2D eigenvalue weighted by Gasteiger charge is 2.30. The molecule has 0 fully saturated rings. The lowest BCUT2D eigenvalue weighted by molar-refractivity contribution is -0.141. The molecule has 0 aliphatic carbocycles. The molecular weight excluding hydrogens is 538 g/mol. The van der Waals surface area contributed by atoms with Gasteiger partial charge in [-0.1, -0.05) is 54.1 Å². The van der Waals surface area contributed by atoms with Crippen molar-refractivity contribution < 1.29 is 22.7 Å². The van der Waals surface area contributed by atoms with Crippen molar-refractivity contribution in [2.75, 3.05) is 31.3 Å². The lowest BCUT2D eigenvalue weighted by Crippen LogP contribution is -2.49. The molecule has 2 amide bonds. The van der Waals surface area contributed by atoms with Crippen LogP contribution in [-0.4, -0.2) is 58.1 Å². The number of anilines is 1. The fraction of sp³-hybridized carbons (Fsp3) is 0.310. The van der Waals surface area contributed by atoms with E-state index in [1.54, 1.807) is 54.4 Å². The van der Waals surface area contributed by atoms with Gasteiger partial charge in [-0.3, -0.25) is 13.9 Å². The predicted octanol–water partition coefficient (Wildman–Crippen LogP) is 4.28. The van der Waals surface area contributed by atoms with E-state index in [0.29, 0.717) is 22.9 Å². The van der Waals surface area contributed by atoms with Crippen LogP contribution in [0.1, 0.15) is 24.0 Å². The highest BCUT2D eigenvalue weighted by atomic mass is 35.5. The van der Waals surface area contributed by atoms with Crippen LogP contribution in [0.5, 0.6) is 5.75 Å². The minimum absolute atomic E-state index is 0.0467. The fourth-order valence-electron chi connectivity index (χ4n) is 4.30. The zero-order valence-electron chi connectivity index (χ0n) is 22.3. The minimum atomic E-state index is -3.59. The summed E-state index contributed by atoms with van der Waals surface area (Å²) in [4.78, 5) is 28.3. The standard InChI is InChI=1S/C29H34ClN3O5S/c1-31-29(35)27(20-22-9-5-4-6-10-22)32(21-23-11-7-12-24(30)19-23)28(34)13-8-18-33(39(3,36)37)25-14-16-26(38-2)17-15-25/h4-7,9-12,14-17,19,27H,8,13,18,20-21H2,1-3H3,(H,31,35). The quantitative estimate of drug-likeness (QED) is 0.330. The average Bonchev–Trinajstić information content (AvgIpc) is 2.92. The highest BCUT2D eigenvalue weighted by Crippen LogP contribution is 2.23. The van der Waals surface area contributed by atoms with Gasteiger partial charge in [0.25, 0.3) is 0 Å². The summed E-state index contributed by atoms with van der Waals surface area (Å²) in [7, 11) is -0.516. The molecule has 0 aliphatic heterocycles. The van der Waals surface area contributed by atoms with Crippen LogP contribution in [0.3, 0.4) is 0 Å². The van der Waals surface area contributed by atoms with Crippen molar-refractivity contribution in [3.63, 3.8) is 0 Å². The largest absolute Gasteiger partial charge is 0.497 e. The summed E-state index contributed by atoms with van der Waals surface area (Å²) in [6.07, 6.45) is 1.76. The number of sulfonamides is 1. The molecule has 10 heteroatoms. The van der Waals surface area contributed by atoms with Crippen LogP contribution in [0.15, 0.2) is 78.9 Å². The number of likely N-dealkylation sites (N-methyl/N-ethyl adjacent to an activating group) is 1. The number of nitrogens with zero attached hydrogens (tertiary/aromatic N) is 2. The van der Waals surface area contributed by atoms with E-state index in [-0.39, 0.29) is 37.7 Å². The van der Waals surface area contributed by atoms with Crippen molar-refractivity contribution in [2.45, 2.75) is 31.8 Å². The molecular formula is C29H34ClN3O5S. The van der Waals surface area contributed by atoms with Crippen molar-refractivity contribution in [1.29, 1.82) is 0 Å². The van der Waals surface area contributed by atoms with Crippen molar-refractivity contribution in [1.82, 2.24) is 10.2 Å². The van der Waals surface area contributed by atoms with Crippen LogP contribution >= 0.6 is 11.6 Å². The lowest BCUT2D eigenvalue weighted by Gasteiger charge is -2.31. The Kier molecular flexibility index (Phi) is 10.8. The molecule has 1 N–H and O–H groups in total. The number of hydrogen-bond acceptors (Lipinski definition) is 5. The average molecular weight is 572 g/mol. The Hall–Kier alpha value is -3.56. The number of methoxy groups -OCH3 is 1. The number of hydrogen-bond donors (Lipinski definition) is 1. The van der Waals surface area contributed by atoms with Gasteiger partial charge in [0.1, 0.15) is 11.8 Å². The minimum Gasteiger partial charge on any atom is -0.497 e. The highest BCUT2D eigenvalue weighted by molar-refractivity contribution is 7.92. The van der Waals surface area contributed by atoms with Crippen LogP contribution in [0.2, 0.25) is 5.02 Å². The Morgan fingerprint density at radius 1 is 0.974 bits per heavy atom. The third-order valence-corrected chi connectivity index (χ3v) is 7.70. The topological polar surface area (TPSA) is 96.0 Å². The van der Waals surface area contributed by atoms with Gasteiger partial charge in [-0.2, -0.15) is 0 Å². The van der Waals surface area contributed by atoms with E-state index in [2.05, 4.69) is 5.32 Å². The Balaban J connectivity index is 1.83. The van der Waals surface area contributed by atoms with Crippen LogP contribution in [0.4, 0.5) is 5.69 Å². The molecule has 3 rings (SSSR count). The van der Waals surface area contributed by atoms with Gasteiger partial charge >= 0.3 is 0 Å². The van der Waals surface area contributed by atoms with E-state index in [0.717, 1.165) is 17.4 Å². The number of benzene rings is 3. The SMILES string of the molecule is CNC(=O)C(Cc1ccccc1)N(Cc1cccc(Cl)c1)C(=O)CCCN(c1ccc(OC)cc1)S(C)(=O)=O. The van der Waals surface area contributed by atoms with E-state index in [1.165, 1.54) is 11.4 Å². The number of amides is 2. The molecule has 0 heterocycles. The summed E-state index contributed by atoms with van der Waals surface area (Å²) in [5.74, 6) is 0.0607. The zero-order chi connectivity index (χ0) is 28.4. The third kappa shape index (κ3) is 8.73. The van der Waals surface area contributed by atoms with Gasteiger partial charge in [0, 0.05) is 38.0 Å². The number of halogens is 1. The molecule has 39 heavy (non-hydrogen) atoms. The van der Waals surface area contributed by atoms with Crippen molar-refractivity contribution in [3.05, 3.63) is 95.0 Å². The second-order valence-corrected chi connectivity index (χ2v) is 11.5. The molecule has 0 spiro atoms. The number of carbonyl (C=O) groups excluding carboxylic acids is 2. The van der Waals surface area contributed by atoms with Gasteiger partial charge in [-0.25, -0.2) is 8.42 Å². The van der Waals surface area contributed by atoms with Crippen LogP contribution in [0, 0.1) is 0 Å². The molecule has 0 saturated heterocycles. The first kappa shape index (κ1) is 30.0. The van der Waals surface area contributed by atoms with Crippen LogP contribution in [0.25, 0.3) is 0 Å². The van der Waals surface area contributed by atoms with Gasteiger partial charge < -0.3 is 15.0 Å². The monoisotopic (exact) mass is 571 g/mol. The summed E-state index contributed by atoms with van der Waals surface area (Å²) in [6, 6.07) is 22.6. The van der Waals surface area contributed by atoms with Crippen molar-refractivity contribution in [2.24, 2.45) is 0 Å². The maximum absolute atomic E-state index is 13.7. The maximum Gasteiger partial charge on any atom is 0.242 e. The molecule has 0 saturated carbocycles. The summed E-state index contributed by atoms with van der Waals surface area (Å²) in [5, 5.41) is 3.22. The lowest BCUT2D eigenvalue weighted by atomic mass is 10.0. The van der Waals surface area contributed by atoms with E-state index < -0.39 is 16.1 Å². The normalized spacial score (nSPS) is 11.9. The number of carbonyl (C=O) groups is 2. The summed E-state index contributed by atoms with van der Waals surface area (Å²) in [5.41, 5.74) is 2.18. The van der Waals surface area contributed by atoms with Crippen molar-refractivity contribution in [3.8, 4) is 5.75 Å². The van der Waals surface area contributed by atoms with E-state index >= 15 is 0 Å². The van der Waals surface area contributed by atoms with Gasteiger partial charge in [-0.05, 0) is 53.9 Å². The second kappa shape index (κ2) is 14.0. The summed E-state index contributed by atoms with van der Waals surface area (Å²) in [6.45, 7) is 0.282. The van der Waals surface area contributed by atoms with Gasteiger partial charge in [0.2, 0.25) is 21.8 Å². The molecule has 0 aromatic heterocycles. The Bertz CT molecular complexity index is 1350. The molecule has 1 unspecified atom stereocenters. The Morgan fingerprint density at radius 3 is 2.23 bits per heavy atom. The molecule has 8 nitrogen and oxygen atoms in total. The summed E-state index contributed by atoms with van der Waals surface area (Å²) < 4.78 is 31.5. The smallest absolute Gasteiger partial charge is 0.242 e. The molecule has 3 aromatic rings. The van der Waals surface area contributed by atoms with E-state index in [4.69, 9.17) is 16.3 Å². The molecule has 0 bridgehead atoms. The van der Waals surface area contributed by atoms with Crippen LogP contribution in [-0.2, 0) is 32.6 Å². The first-order valence-corrected chi connectivity index (χ1v) is 14.8. The third-order valence-electron chi connectivity index (χ3n) is 6.27. The number of rotatable bonds is 13. The van der Waals surface area contributed by atoms with Gasteiger partial charge in [0.05, 0.1) is 19.1 Å². The van der Waals surface area contributed by atoms with Gasteiger partial charge in [-0.15, -0.1) is 0 Å². The molecule has 0 aliphatic rings. The number of ether oxygens (including phenoxy) is 1. The Labute approximate surface area is 235 Å². The van der Waals surface area contributed by atoms with E-state index in [1.807, 2.05) is 36.4 Å². The van der Waals surface area contributed by atoms with Crippen molar-refractivity contribution >= 4 is 39.1 Å². The molecule has 1 atom stereocenters. The second-order valence-electron chi connectivity index (χ2n) is 9.11. The van der Waals surface area contributed by atoms with E-state index in [9.17, 15) is 18.0 Å². The van der Waals surface area contributed by atoms with Gasteiger partial charge in [0.15, 0.2) is 0 Å².